The molecule has 0 aliphatic carbocycles. The van der Waals surface area contributed by atoms with Gasteiger partial charge in [-0.15, -0.1) is 0 Å². The number of benzene rings is 1. The van der Waals surface area contributed by atoms with E-state index < -0.39 is 17.7 Å². The van der Waals surface area contributed by atoms with Crippen molar-refractivity contribution in [2.24, 2.45) is 0 Å². The first-order chi connectivity index (χ1) is 11.5. The predicted molar refractivity (Wildman–Crippen MR) is 98.4 cm³/mol. The summed E-state index contributed by atoms with van der Waals surface area (Å²) in [6.45, 7) is 12.5. The minimum Gasteiger partial charge on any atom is -0.443 e. The average molecular weight is 347 g/mol. The third kappa shape index (κ3) is 5.19. The quantitative estimate of drug-likeness (QED) is 0.824. The van der Waals surface area contributed by atoms with Crippen LogP contribution in [0.3, 0.4) is 0 Å². The van der Waals surface area contributed by atoms with Crippen LogP contribution in [-0.2, 0) is 14.9 Å². The number of hydrazine groups is 1. The van der Waals surface area contributed by atoms with Crippen LogP contribution in [0.5, 0.6) is 0 Å². The van der Waals surface area contributed by atoms with E-state index >= 15 is 0 Å². The molecule has 1 aromatic rings. The van der Waals surface area contributed by atoms with Crippen LogP contribution < -0.4 is 15.8 Å². The third-order valence-corrected chi connectivity index (χ3v) is 4.00. The number of hydrogen-bond donors (Lipinski definition) is 2. The van der Waals surface area contributed by atoms with Crippen LogP contribution in [0.2, 0.25) is 0 Å². The van der Waals surface area contributed by atoms with Crippen molar-refractivity contribution < 1.29 is 14.3 Å². The molecule has 2 amide bonds. The molecule has 0 bridgehead atoms. The first-order valence-corrected chi connectivity index (χ1v) is 8.64. The second-order valence-electron chi connectivity index (χ2n) is 8.40. The first kappa shape index (κ1) is 19.2. The van der Waals surface area contributed by atoms with Gasteiger partial charge in [0, 0.05) is 12.2 Å². The topological polar surface area (TPSA) is 70.7 Å². The largest absolute Gasteiger partial charge is 0.443 e. The molecule has 1 aliphatic heterocycles. The summed E-state index contributed by atoms with van der Waals surface area (Å²) in [7, 11) is 0. The van der Waals surface area contributed by atoms with Crippen molar-refractivity contribution in [3.05, 3.63) is 29.8 Å². The van der Waals surface area contributed by atoms with Gasteiger partial charge >= 0.3 is 6.09 Å². The fourth-order valence-corrected chi connectivity index (χ4v) is 2.66. The summed E-state index contributed by atoms with van der Waals surface area (Å²) < 4.78 is 5.15. The Hall–Kier alpha value is -2.08. The lowest BCUT2D eigenvalue weighted by Crippen LogP contribution is -2.49. The van der Waals surface area contributed by atoms with E-state index in [0.29, 0.717) is 13.0 Å². The molecular formula is C19H29N3O3. The minimum atomic E-state index is -0.590. The maximum absolute atomic E-state index is 12.6. The molecule has 0 saturated carbocycles. The Morgan fingerprint density at radius 2 is 1.72 bits per heavy atom. The number of nitrogens with zero attached hydrogens (tertiary/aromatic N) is 1. The standard InChI is InChI=1S/C19H29N3O3/c1-18(2,3)13-7-9-14(10-8-13)22-12-11-15(16(22)23)20-21-17(24)25-19(4,5)6/h7-10,15,20H,11-12H2,1-6H3,(H,21,24)/t15-/m0/s1. The van der Waals surface area contributed by atoms with Gasteiger partial charge in [0.2, 0.25) is 5.91 Å². The molecule has 0 aromatic heterocycles. The average Bonchev–Trinajstić information content (AvgIpc) is 2.84. The number of hydrogen-bond acceptors (Lipinski definition) is 4. The highest BCUT2D eigenvalue weighted by molar-refractivity contribution is 5.99. The zero-order chi connectivity index (χ0) is 18.8. The highest BCUT2D eigenvalue weighted by atomic mass is 16.6. The van der Waals surface area contributed by atoms with Crippen LogP contribution >= 0.6 is 0 Å². The van der Waals surface area contributed by atoms with Crippen molar-refractivity contribution in [1.82, 2.24) is 10.9 Å². The van der Waals surface area contributed by atoms with Gasteiger partial charge in [-0.1, -0.05) is 32.9 Å². The number of ether oxygens (including phenoxy) is 1. The Kier molecular flexibility index (Phi) is 5.42. The highest BCUT2D eigenvalue weighted by Crippen LogP contribution is 2.27. The van der Waals surface area contributed by atoms with E-state index in [9.17, 15) is 9.59 Å². The normalized spacial score (nSPS) is 18.4. The Labute approximate surface area is 149 Å². The van der Waals surface area contributed by atoms with Gasteiger partial charge in [-0.25, -0.2) is 10.2 Å². The van der Waals surface area contributed by atoms with E-state index in [0.717, 1.165) is 5.69 Å². The van der Waals surface area contributed by atoms with Gasteiger partial charge in [-0.05, 0) is 50.3 Å². The summed E-state index contributed by atoms with van der Waals surface area (Å²) in [5, 5.41) is 0. The predicted octanol–water partition coefficient (Wildman–Crippen LogP) is 3.12. The molecule has 1 fully saturated rings. The lowest BCUT2D eigenvalue weighted by molar-refractivity contribution is -0.119. The summed E-state index contributed by atoms with van der Waals surface area (Å²) in [6, 6.07) is 7.62. The van der Waals surface area contributed by atoms with Crippen LogP contribution in [0.4, 0.5) is 10.5 Å². The van der Waals surface area contributed by atoms with Crippen LogP contribution in [-0.4, -0.2) is 30.2 Å². The van der Waals surface area contributed by atoms with Gasteiger partial charge in [0.1, 0.15) is 11.6 Å². The fourth-order valence-electron chi connectivity index (χ4n) is 2.66. The lowest BCUT2D eigenvalue weighted by atomic mass is 9.87. The Balaban J connectivity index is 1.94. The summed E-state index contributed by atoms with van der Waals surface area (Å²) in [6.07, 6.45) is 0.0311. The molecule has 0 radical (unpaired) electrons. The van der Waals surface area contributed by atoms with Gasteiger partial charge < -0.3 is 9.64 Å². The lowest BCUT2D eigenvalue weighted by Gasteiger charge is -2.22. The number of nitrogens with one attached hydrogen (secondary N) is 2. The van der Waals surface area contributed by atoms with Crippen LogP contribution in [0.25, 0.3) is 0 Å². The number of anilines is 1. The van der Waals surface area contributed by atoms with Crippen LogP contribution in [0, 0.1) is 0 Å². The zero-order valence-electron chi connectivity index (χ0n) is 16.0. The van der Waals surface area contributed by atoms with Gasteiger partial charge in [-0.3, -0.25) is 10.2 Å². The van der Waals surface area contributed by atoms with Gasteiger partial charge in [0.05, 0.1) is 0 Å². The SMILES string of the molecule is CC(C)(C)OC(=O)NN[C@H]1CCN(c2ccc(C(C)(C)C)cc2)C1=O. The molecular weight excluding hydrogens is 318 g/mol. The highest BCUT2D eigenvalue weighted by Gasteiger charge is 2.33. The number of carbonyl (C=O) groups is 2. The first-order valence-electron chi connectivity index (χ1n) is 8.64. The van der Waals surface area contributed by atoms with Crippen molar-refractivity contribution in [3.8, 4) is 0 Å². The fraction of sp³-hybridized carbons (Fsp3) is 0.579. The van der Waals surface area contributed by atoms with Crippen molar-refractivity contribution in [1.29, 1.82) is 0 Å². The second-order valence-corrected chi connectivity index (χ2v) is 8.40. The molecule has 6 nitrogen and oxygen atoms in total. The van der Waals surface area contributed by atoms with Gasteiger partial charge in [0.15, 0.2) is 0 Å². The molecule has 1 aromatic carbocycles. The van der Waals surface area contributed by atoms with Crippen molar-refractivity contribution in [3.63, 3.8) is 0 Å². The molecule has 25 heavy (non-hydrogen) atoms. The van der Waals surface area contributed by atoms with E-state index in [4.69, 9.17) is 4.74 Å². The molecule has 1 atom stereocenters. The molecule has 2 rings (SSSR count). The molecule has 6 heteroatoms. The number of amides is 2. The van der Waals surface area contributed by atoms with Gasteiger partial charge in [-0.2, -0.15) is 0 Å². The van der Waals surface area contributed by atoms with E-state index in [1.807, 2.05) is 12.1 Å². The smallest absolute Gasteiger partial charge is 0.422 e. The second kappa shape index (κ2) is 7.04. The maximum Gasteiger partial charge on any atom is 0.422 e. The summed E-state index contributed by atoms with van der Waals surface area (Å²) in [4.78, 5) is 26.0. The minimum absolute atomic E-state index is 0.0560. The Bertz CT molecular complexity index is 627. The molecule has 1 aliphatic rings. The molecule has 0 spiro atoms. The van der Waals surface area contributed by atoms with Crippen molar-refractivity contribution in [2.45, 2.75) is 65.0 Å². The molecule has 2 N–H and O–H groups in total. The molecule has 0 unspecified atom stereocenters. The Morgan fingerprint density at radius 3 is 2.24 bits per heavy atom. The monoisotopic (exact) mass is 347 g/mol. The summed E-state index contributed by atoms with van der Waals surface area (Å²) >= 11 is 0. The molecule has 1 saturated heterocycles. The van der Waals surface area contributed by atoms with Crippen molar-refractivity contribution in [2.75, 3.05) is 11.4 Å². The molecule has 138 valence electrons. The van der Waals surface area contributed by atoms with Crippen LogP contribution in [0.15, 0.2) is 24.3 Å². The zero-order valence-corrected chi connectivity index (χ0v) is 16.0. The van der Waals surface area contributed by atoms with E-state index in [1.54, 1.807) is 25.7 Å². The van der Waals surface area contributed by atoms with Crippen molar-refractivity contribution >= 4 is 17.7 Å². The summed E-state index contributed by atoms with van der Waals surface area (Å²) in [5.74, 6) is -0.0560. The Morgan fingerprint density at radius 1 is 1.12 bits per heavy atom. The maximum atomic E-state index is 12.6. The summed E-state index contributed by atoms with van der Waals surface area (Å²) in [5.41, 5.74) is 6.83. The number of rotatable bonds is 3. The third-order valence-electron chi connectivity index (χ3n) is 4.00. The van der Waals surface area contributed by atoms with Crippen LogP contribution in [0.1, 0.15) is 53.5 Å². The number of carbonyl (C=O) groups excluding carboxylic acids is 2. The molecule has 1 heterocycles. The van der Waals surface area contributed by atoms with E-state index in [-0.39, 0.29) is 11.3 Å². The van der Waals surface area contributed by atoms with Gasteiger partial charge in [0.25, 0.3) is 0 Å². The van der Waals surface area contributed by atoms with E-state index in [2.05, 4.69) is 43.8 Å². The van der Waals surface area contributed by atoms with E-state index in [1.165, 1.54) is 5.56 Å².